The van der Waals surface area contributed by atoms with Crippen LogP contribution in [-0.2, 0) is 0 Å². The molecule has 0 aliphatic carbocycles. The number of nitrogens with two attached hydrogens (primary N) is 1. The first-order valence-electron chi connectivity index (χ1n) is 5.65. The fraction of sp³-hybridized carbons (Fsp3) is 0.385. The molecule has 2 rings (SSSR count). The maximum atomic E-state index is 13.2. The van der Waals surface area contributed by atoms with E-state index in [1.54, 1.807) is 12.1 Å². The molecule has 0 fully saturated rings. The predicted molar refractivity (Wildman–Crippen MR) is 64.9 cm³/mol. The zero-order valence-electron chi connectivity index (χ0n) is 9.63. The minimum Gasteiger partial charge on any atom is -0.361 e. The van der Waals surface area contributed by atoms with Crippen molar-refractivity contribution >= 4 is 10.9 Å². The molecule has 0 saturated carbocycles. The van der Waals surface area contributed by atoms with Crippen LogP contribution in [0.25, 0.3) is 10.9 Å². The third kappa shape index (κ3) is 1.83. The predicted octanol–water partition coefficient (Wildman–Crippen LogP) is 3.15. The van der Waals surface area contributed by atoms with Gasteiger partial charge >= 0.3 is 0 Å². The van der Waals surface area contributed by atoms with Gasteiger partial charge in [0.25, 0.3) is 0 Å². The van der Waals surface area contributed by atoms with E-state index in [1.165, 1.54) is 6.07 Å². The standard InChI is InChI=1S/C13H17FN2/c1-3-12(15)8(2)11-7-16-13-5-4-9(14)6-10(11)13/h4-8,12,16H,3,15H2,1-2H3/t8-,12+/m1/s1. The van der Waals surface area contributed by atoms with Crippen LogP contribution in [-0.4, -0.2) is 11.0 Å². The number of aromatic amines is 1. The van der Waals surface area contributed by atoms with Crippen molar-refractivity contribution in [3.8, 4) is 0 Å². The largest absolute Gasteiger partial charge is 0.361 e. The summed E-state index contributed by atoms with van der Waals surface area (Å²) in [6.07, 6.45) is 2.85. The SMILES string of the molecule is CC[C@H](N)[C@H](C)c1c[nH]c2ccc(F)cc12. The summed E-state index contributed by atoms with van der Waals surface area (Å²) < 4.78 is 13.2. The van der Waals surface area contributed by atoms with E-state index in [1.807, 2.05) is 6.20 Å². The number of H-pyrrole nitrogens is 1. The van der Waals surface area contributed by atoms with Gasteiger partial charge in [-0.25, -0.2) is 4.39 Å². The average molecular weight is 220 g/mol. The van der Waals surface area contributed by atoms with E-state index < -0.39 is 0 Å². The Kier molecular flexibility index (Phi) is 2.97. The van der Waals surface area contributed by atoms with E-state index in [0.29, 0.717) is 0 Å². The Morgan fingerprint density at radius 2 is 2.19 bits per heavy atom. The van der Waals surface area contributed by atoms with Crippen LogP contribution >= 0.6 is 0 Å². The normalized spacial score (nSPS) is 15.2. The Labute approximate surface area is 94.7 Å². The monoisotopic (exact) mass is 220 g/mol. The Morgan fingerprint density at radius 1 is 1.44 bits per heavy atom. The van der Waals surface area contributed by atoms with Crippen molar-refractivity contribution in [1.29, 1.82) is 0 Å². The Balaban J connectivity index is 2.48. The molecule has 86 valence electrons. The average Bonchev–Trinajstić information content (AvgIpc) is 2.69. The van der Waals surface area contributed by atoms with Crippen molar-refractivity contribution in [2.75, 3.05) is 0 Å². The first-order valence-corrected chi connectivity index (χ1v) is 5.65. The second-order valence-corrected chi connectivity index (χ2v) is 4.29. The summed E-state index contributed by atoms with van der Waals surface area (Å²) >= 11 is 0. The number of nitrogens with one attached hydrogen (secondary N) is 1. The molecule has 1 aromatic heterocycles. The quantitative estimate of drug-likeness (QED) is 0.819. The molecule has 0 saturated heterocycles. The van der Waals surface area contributed by atoms with Crippen LogP contribution in [0.1, 0.15) is 31.7 Å². The fourth-order valence-corrected chi connectivity index (χ4v) is 2.08. The van der Waals surface area contributed by atoms with E-state index >= 15 is 0 Å². The first kappa shape index (κ1) is 11.1. The lowest BCUT2D eigenvalue weighted by atomic mass is 9.92. The van der Waals surface area contributed by atoms with Crippen LogP contribution in [0.15, 0.2) is 24.4 Å². The van der Waals surface area contributed by atoms with E-state index in [2.05, 4.69) is 18.8 Å². The highest BCUT2D eigenvalue weighted by Gasteiger charge is 2.16. The van der Waals surface area contributed by atoms with Crippen LogP contribution in [0.5, 0.6) is 0 Å². The molecule has 0 aliphatic heterocycles. The molecule has 1 heterocycles. The van der Waals surface area contributed by atoms with Gasteiger partial charge in [-0.05, 0) is 36.1 Å². The molecule has 16 heavy (non-hydrogen) atoms. The van der Waals surface area contributed by atoms with Gasteiger partial charge < -0.3 is 10.7 Å². The highest BCUT2D eigenvalue weighted by molar-refractivity contribution is 5.83. The molecule has 0 unspecified atom stereocenters. The lowest BCUT2D eigenvalue weighted by molar-refractivity contribution is 0.554. The molecule has 2 nitrogen and oxygen atoms in total. The Bertz CT molecular complexity index is 490. The minimum atomic E-state index is -0.203. The summed E-state index contributed by atoms with van der Waals surface area (Å²) in [7, 11) is 0. The molecule has 0 amide bonds. The maximum absolute atomic E-state index is 13.2. The van der Waals surface area contributed by atoms with Gasteiger partial charge in [0.1, 0.15) is 5.82 Å². The van der Waals surface area contributed by atoms with Crippen LogP contribution < -0.4 is 5.73 Å². The van der Waals surface area contributed by atoms with Gasteiger partial charge in [-0.3, -0.25) is 0 Å². The van der Waals surface area contributed by atoms with Gasteiger partial charge in [0.15, 0.2) is 0 Å². The maximum Gasteiger partial charge on any atom is 0.123 e. The Hall–Kier alpha value is -1.35. The van der Waals surface area contributed by atoms with Gasteiger partial charge in [-0.1, -0.05) is 13.8 Å². The molecule has 2 atom stereocenters. The first-order chi connectivity index (χ1) is 7.63. The molecule has 0 radical (unpaired) electrons. The Morgan fingerprint density at radius 3 is 2.88 bits per heavy atom. The zero-order chi connectivity index (χ0) is 11.7. The third-order valence-corrected chi connectivity index (χ3v) is 3.28. The molecular weight excluding hydrogens is 203 g/mol. The molecule has 3 N–H and O–H groups in total. The summed E-state index contributed by atoms with van der Waals surface area (Å²) in [5.41, 5.74) is 8.09. The summed E-state index contributed by atoms with van der Waals surface area (Å²) in [6, 6.07) is 4.91. The zero-order valence-corrected chi connectivity index (χ0v) is 9.63. The highest BCUT2D eigenvalue weighted by Crippen LogP contribution is 2.28. The highest BCUT2D eigenvalue weighted by atomic mass is 19.1. The lowest BCUT2D eigenvalue weighted by Crippen LogP contribution is -2.25. The van der Waals surface area contributed by atoms with Crippen molar-refractivity contribution in [1.82, 2.24) is 4.98 Å². The third-order valence-electron chi connectivity index (χ3n) is 3.28. The summed E-state index contributed by atoms with van der Waals surface area (Å²) in [5.74, 6) is 0.0335. The van der Waals surface area contributed by atoms with Crippen LogP contribution in [0.3, 0.4) is 0 Å². The van der Waals surface area contributed by atoms with Crippen molar-refractivity contribution < 1.29 is 4.39 Å². The number of benzene rings is 1. The van der Waals surface area contributed by atoms with E-state index in [4.69, 9.17) is 5.73 Å². The second kappa shape index (κ2) is 4.26. The number of halogens is 1. The molecule has 0 aliphatic rings. The molecule has 1 aromatic carbocycles. The number of hydrogen-bond donors (Lipinski definition) is 2. The van der Waals surface area contributed by atoms with Crippen LogP contribution in [0.4, 0.5) is 4.39 Å². The van der Waals surface area contributed by atoms with Crippen molar-refractivity contribution in [3.63, 3.8) is 0 Å². The minimum absolute atomic E-state index is 0.113. The van der Waals surface area contributed by atoms with Crippen molar-refractivity contribution in [2.45, 2.75) is 32.2 Å². The fourth-order valence-electron chi connectivity index (χ4n) is 2.08. The molecule has 3 heteroatoms. The number of rotatable bonds is 3. The number of fused-ring (bicyclic) bond motifs is 1. The molecule has 0 bridgehead atoms. The van der Waals surface area contributed by atoms with Gasteiger partial charge in [0, 0.05) is 23.1 Å². The lowest BCUT2D eigenvalue weighted by Gasteiger charge is -2.17. The smallest absolute Gasteiger partial charge is 0.123 e. The van der Waals surface area contributed by atoms with Gasteiger partial charge in [-0.2, -0.15) is 0 Å². The van der Waals surface area contributed by atoms with E-state index in [0.717, 1.165) is 22.9 Å². The molecule has 2 aromatic rings. The molecular formula is C13H17FN2. The summed E-state index contributed by atoms with van der Waals surface area (Å²) in [6.45, 7) is 4.15. The van der Waals surface area contributed by atoms with Crippen molar-refractivity contribution in [3.05, 3.63) is 35.8 Å². The number of aromatic nitrogens is 1. The topological polar surface area (TPSA) is 41.8 Å². The summed E-state index contributed by atoms with van der Waals surface area (Å²) in [4.78, 5) is 3.15. The van der Waals surface area contributed by atoms with E-state index in [-0.39, 0.29) is 17.8 Å². The van der Waals surface area contributed by atoms with Crippen LogP contribution in [0, 0.1) is 5.82 Å². The van der Waals surface area contributed by atoms with Crippen LogP contribution in [0.2, 0.25) is 0 Å². The van der Waals surface area contributed by atoms with Gasteiger partial charge in [-0.15, -0.1) is 0 Å². The molecule has 0 spiro atoms. The second-order valence-electron chi connectivity index (χ2n) is 4.29. The van der Waals surface area contributed by atoms with Crippen molar-refractivity contribution in [2.24, 2.45) is 5.73 Å². The number of hydrogen-bond acceptors (Lipinski definition) is 1. The van der Waals surface area contributed by atoms with E-state index in [9.17, 15) is 4.39 Å². The van der Waals surface area contributed by atoms with Gasteiger partial charge in [0.2, 0.25) is 0 Å². The summed E-state index contributed by atoms with van der Waals surface area (Å²) in [5, 5.41) is 0.941. The van der Waals surface area contributed by atoms with Gasteiger partial charge in [0.05, 0.1) is 0 Å².